The third-order valence-electron chi connectivity index (χ3n) is 4.96. The number of amides is 1. The monoisotopic (exact) mass is 357 g/mol. The van der Waals surface area contributed by atoms with Gasteiger partial charge < -0.3 is 20.7 Å². The number of carbonyl (C=O) groups excluding carboxylic acids is 1. The van der Waals surface area contributed by atoms with Gasteiger partial charge in [-0.1, -0.05) is 0 Å². The predicted octanol–water partition coefficient (Wildman–Crippen LogP) is 1.67. The second-order valence-electron chi connectivity index (χ2n) is 7.27. The summed E-state index contributed by atoms with van der Waals surface area (Å²) in [5.41, 5.74) is 0.859. The number of aromatic nitrogens is 4. The van der Waals surface area contributed by atoms with Gasteiger partial charge in [0.1, 0.15) is 6.10 Å². The van der Waals surface area contributed by atoms with E-state index >= 15 is 0 Å². The first kappa shape index (κ1) is 16.8. The molecule has 4 N–H and O–H groups in total. The van der Waals surface area contributed by atoms with Gasteiger partial charge in [-0.3, -0.25) is 5.10 Å². The lowest BCUT2D eigenvalue weighted by molar-refractivity contribution is 0.0851. The molecule has 0 bridgehead atoms. The first-order valence-electron chi connectivity index (χ1n) is 8.89. The van der Waals surface area contributed by atoms with Gasteiger partial charge in [0.2, 0.25) is 0 Å². The summed E-state index contributed by atoms with van der Waals surface area (Å²) in [5.74, 6) is 1.65. The van der Waals surface area contributed by atoms with E-state index < -0.39 is 0 Å². The van der Waals surface area contributed by atoms with Crippen LogP contribution in [0.15, 0.2) is 24.4 Å². The van der Waals surface area contributed by atoms with Crippen LogP contribution in [0.5, 0.6) is 0 Å². The summed E-state index contributed by atoms with van der Waals surface area (Å²) in [6.07, 6.45) is 3.86. The van der Waals surface area contributed by atoms with Crippen molar-refractivity contribution >= 4 is 17.7 Å². The molecule has 0 radical (unpaired) electrons. The lowest BCUT2D eigenvalue weighted by Gasteiger charge is -2.39. The zero-order valence-electron chi connectivity index (χ0n) is 14.7. The van der Waals surface area contributed by atoms with Crippen LogP contribution in [0.3, 0.4) is 0 Å². The Hall–Kier alpha value is -2.68. The average Bonchev–Trinajstić information content (AvgIpc) is 3.23. The van der Waals surface area contributed by atoms with Crippen LogP contribution >= 0.6 is 0 Å². The molecule has 1 amide bonds. The Balaban J connectivity index is 1.29. The van der Waals surface area contributed by atoms with Crippen molar-refractivity contribution in [1.29, 1.82) is 0 Å². The van der Waals surface area contributed by atoms with Gasteiger partial charge in [0.25, 0.3) is 0 Å². The summed E-state index contributed by atoms with van der Waals surface area (Å²) < 4.78 is 5.59. The van der Waals surface area contributed by atoms with Gasteiger partial charge in [0.15, 0.2) is 11.6 Å². The van der Waals surface area contributed by atoms with Gasteiger partial charge in [-0.25, -0.2) is 4.79 Å². The minimum absolute atomic E-state index is 0.0589. The molecule has 4 rings (SSSR count). The fourth-order valence-electron chi connectivity index (χ4n) is 3.45. The van der Waals surface area contributed by atoms with E-state index in [0.717, 1.165) is 38.0 Å². The highest BCUT2D eigenvalue weighted by Gasteiger charge is 2.35. The van der Waals surface area contributed by atoms with Gasteiger partial charge in [0.05, 0.1) is 5.54 Å². The second-order valence-corrected chi connectivity index (χ2v) is 7.27. The Bertz CT molecular complexity index is 759. The average molecular weight is 357 g/mol. The highest BCUT2D eigenvalue weighted by atomic mass is 16.6. The van der Waals surface area contributed by atoms with Crippen LogP contribution in [-0.2, 0) is 4.74 Å². The lowest BCUT2D eigenvalue weighted by atomic mass is 9.96. The van der Waals surface area contributed by atoms with E-state index in [9.17, 15) is 4.79 Å². The maximum absolute atomic E-state index is 12.1. The van der Waals surface area contributed by atoms with Crippen molar-refractivity contribution in [2.45, 2.75) is 43.7 Å². The van der Waals surface area contributed by atoms with E-state index in [1.54, 1.807) is 6.20 Å². The molecule has 0 unspecified atom stereocenters. The Morgan fingerprint density at radius 3 is 2.96 bits per heavy atom. The number of H-pyrrole nitrogens is 1. The van der Waals surface area contributed by atoms with Crippen LogP contribution in [0.25, 0.3) is 0 Å². The van der Waals surface area contributed by atoms with Crippen LogP contribution in [-0.4, -0.2) is 51.2 Å². The van der Waals surface area contributed by atoms with Gasteiger partial charge in [-0.05, 0) is 38.3 Å². The quantitative estimate of drug-likeness (QED) is 0.643. The number of nitrogens with zero attached hydrogens (tertiary/aromatic N) is 3. The van der Waals surface area contributed by atoms with Gasteiger partial charge in [-0.15, -0.1) is 5.10 Å². The Kier molecular flexibility index (Phi) is 4.46. The molecule has 9 nitrogen and oxygen atoms in total. The molecule has 1 aliphatic heterocycles. The number of anilines is 2. The third kappa shape index (κ3) is 3.77. The smallest absolute Gasteiger partial charge is 0.407 e. The summed E-state index contributed by atoms with van der Waals surface area (Å²) in [6, 6.07) is 5.62. The third-order valence-corrected chi connectivity index (χ3v) is 4.96. The molecule has 138 valence electrons. The molecule has 2 aromatic heterocycles. The summed E-state index contributed by atoms with van der Waals surface area (Å²) in [5, 5.41) is 24.4. The van der Waals surface area contributed by atoms with E-state index in [-0.39, 0.29) is 17.7 Å². The van der Waals surface area contributed by atoms with E-state index in [4.69, 9.17) is 4.74 Å². The molecule has 2 aromatic rings. The minimum atomic E-state index is -0.325. The molecule has 0 aromatic carbocycles. The standard InChI is InChI=1S/C17H23N7O2/c1-17(9-18-10-17)21-16(25)26-12-5-4-11(7-12)13-8-15(24-22-13)20-14-3-2-6-19-23-14/h2-3,6,8,11-12,18H,4-5,7,9-10H2,1H3,(H,21,25)(H2,20,22,23,24)/t11-,12+/m0/s1. The van der Waals surface area contributed by atoms with Crippen molar-refractivity contribution < 1.29 is 9.53 Å². The van der Waals surface area contributed by atoms with Crippen molar-refractivity contribution in [2.24, 2.45) is 0 Å². The number of carbonyl (C=O) groups is 1. The topological polar surface area (TPSA) is 117 Å². The first-order chi connectivity index (χ1) is 12.6. The lowest BCUT2D eigenvalue weighted by Crippen LogP contribution is -2.67. The summed E-state index contributed by atoms with van der Waals surface area (Å²) in [7, 11) is 0. The van der Waals surface area contributed by atoms with Crippen LogP contribution in [0.4, 0.5) is 16.4 Å². The number of hydrogen-bond donors (Lipinski definition) is 4. The molecular weight excluding hydrogens is 334 g/mol. The van der Waals surface area contributed by atoms with E-state index in [2.05, 4.69) is 36.3 Å². The maximum atomic E-state index is 12.1. The van der Waals surface area contributed by atoms with Gasteiger partial charge in [0, 0.05) is 37.0 Å². The number of nitrogens with one attached hydrogen (secondary N) is 4. The Morgan fingerprint density at radius 1 is 1.35 bits per heavy atom. The minimum Gasteiger partial charge on any atom is -0.446 e. The van der Waals surface area contributed by atoms with Crippen molar-refractivity contribution in [1.82, 2.24) is 31.0 Å². The molecule has 1 aliphatic carbocycles. The van der Waals surface area contributed by atoms with Crippen LogP contribution in [0, 0.1) is 0 Å². The number of aromatic amines is 1. The number of ether oxygens (including phenoxy) is 1. The maximum Gasteiger partial charge on any atom is 0.407 e. The number of hydrogen-bond acceptors (Lipinski definition) is 7. The predicted molar refractivity (Wildman–Crippen MR) is 95.2 cm³/mol. The fourth-order valence-corrected chi connectivity index (χ4v) is 3.45. The summed E-state index contributed by atoms with van der Waals surface area (Å²) in [4.78, 5) is 12.1. The highest BCUT2D eigenvalue weighted by Crippen LogP contribution is 2.36. The van der Waals surface area contributed by atoms with Crippen LogP contribution in [0.1, 0.15) is 37.8 Å². The molecule has 1 saturated heterocycles. The number of rotatable bonds is 5. The van der Waals surface area contributed by atoms with Gasteiger partial charge >= 0.3 is 6.09 Å². The van der Waals surface area contributed by atoms with Crippen LogP contribution < -0.4 is 16.0 Å². The van der Waals surface area contributed by atoms with Crippen LogP contribution in [0.2, 0.25) is 0 Å². The van der Waals surface area contributed by atoms with E-state index in [1.165, 1.54) is 0 Å². The zero-order chi connectivity index (χ0) is 18.0. The summed E-state index contributed by atoms with van der Waals surface area (Å²) in [6.45, 7) is 3.58. The molecule has 3 heterocycles. The molecular formula is C17H23N7O2. The molecule has 2 fully saturated rings. The van der Waals surface area contributed by atoms with Crippen molar-refractivity contribution in [3.63, 3.8) is 0 Å². The van der Waals surface area contributed by atoms with Crippen molar-refractivity contribution in [2.75, 3.05) is 18.4 Å². The molecule has 2 atom stereocenters. The van der Waals surface area contributed by atoms with E-state index in [1.807, 2.05) is 25.1 Å². The normalized spacial score (nSPS) is 23.9. The molecule has 0 spiro atoms. The first-order valence-corrected chi connectivity index (χ1v) is 8.89. The van der Waals surface area contributed by atoms with Gasteiger partial charge in [-0.2, -0.15) is 10.2 Å². The molecule has 1 saturated carbocycles. The molecule has 26 heavy (non-hydrogen) atoms. The highest BCUT2D eigenvalue weighted by molar-refractivity contribution is 5.68. The van der Waals surface area contributed by atoms with E-state index in [0.29, 0.717) is 17.6 Å². The molecule has 9 heteroatoms. The zero-order valence-corrected chi connectivity index (χ0v) is 14.7. The number of alkyl carbamates (subject to hydrolysis) is 1. The van der Waals surface area contributed by atoms with Crippen molar-refractivity contribution in [3.8, 4) is 0 Å². The largest absolute Gasteiger partial charge is 0.446 e. The SMILES string of the molecule is CC1(NC(=O)O[C@@H]2CC[C@H](c3cc(Nc4cccnn4)n[nH]3)C2)CNC1. The Morgan fingerprint density at radius 2 is 2.23 bits per heavy atom. The summed E-state index contributed by atoms with van der Waals surface area (Å²) >= 11 is 0. The van der Waals surface area contributed by atoms with Crippen molar-refractivity contribution in [3.05, 3.63) is 30.1 Å². The second kappa shape index (κ2) is 6.91. The molecule has 2 aliphatic rings. The fraction of sp³-hybridized carbons (Fsp3) is 0.529. The Labute approximate surface area is 151 Å².